The number of fused-ring (bicyclic) bond motifs is 1. The lowest BCUT2D eigenvalue weighted by Crippen LogP contribution is -1.94. The molecule has 3 heterocycles. The molecule has 0 spiro atoms. The summed E-state index contributed by atoms with van der Waals surface area (Å²) in [5.74, 6) is 0. The number of imidazole rings is 1. The molecule has 0 fully saturated rings. The zero-order valence-electron chi connectivity index (χ0n) is 8.08. The summed E-state index contributed by atoms with van der Waals surface area (Å²) in [6.45, 7) is 0. The van der Waals surface area contributed by atoms with Crippen LogP contribution in [0.4, 0.5) is 0 Å². The van der Waals surface area contributed by atoms with Crippen molar-refractivity contribution in [1.29, 1.82) is 0 Å². The van der Waals surface area contributed by atoms with Crippen molar-refractivity contribution in [3.05, 3.63) is 42.3 Å². The summed E-state index contributed by atoms with van der Waals surface area (Å²) in [6, 6.07) is 3.74. The van der Waals surface area contributed by atoms with Crippen LogP contribution in [0.5, 0.6) is 0 Å². The first-order valence-electron chi connectivity index (χ1n) is 4.60. The van der Waals surface area contributed by atoms with Gasteiger partial charge in [0.1, 0.15) is 11.8 Å². The van der Waals surface area contributed by atoms with Crippen molar-refractivity contribution < 1.29 is 0 Å². The molecule has 0 radical (unpaired) electrons. The molecule has 6 heteroatoms. The van der Waals surface area contributed by atoms with Crippen molar-refractivity contribution in [2.45, 2.75) is 0 Å². The molecule has 0 aliphatic rings. The van der Waals surface area contributed by atoms with E-state index in [4.69, 9.17) is 11.6 Å². The first-order valence-corrected chi connectivity index (χ1v) is 4.98. The number of hydrogen-bond acceptors (Lipinski definition) is 4. The van der Waals surface area contributed by atoms with Crippen molar-refractivity contribution in [3.63, 3.8) is 0 Å². The van der Waals surface area contributed by atoms with Crippen LogP contribution < -0.4 is 0 Å². The lowest BCUT2D eigenvalue weighted by molar-refractivity contribution is 1.05. The summed E-state index contributed by atoms with van der Waals surface area (Å²) in [4.78, 5) is 16.2. The second kappa shape index (κ2) is 3.53. The van der Waals surface area contributed by atoms with Crippen LogP contribution in [0.2, 0.25) is 5.28 Å². The number of rotatable bonds is 1. The standard InChI is InChI=1S/C10H6ClN5/c11-10-13-5-8-9(15-10)16(6-14-8)7-1-3-12-4-2-7/h1-6H. The Kier molecular flexibility index (Phi) is 2.04. The van der Waals surface area contributed by atoms with Crippen LogP contribution in [-0.2, 0) is 0 Å². The van der Waals surface area contributed by atoms with Gasteiger partial charge in [-0.05, 0) is 23.7 Å². The van der Waals surface area contributed by atoms with Gasteiger partial charge in [-0.25, -0.2) is 9.97 Å². The fraction of sp³-hybridized carbons (Fsp3) is 0. The second-order valence-corrected chi connectivity index (χ2v) is 3.51. The number of halogens is 1. The Bertz CT molecular complexity index is 634. The number of pyridine rings is 1. The lowest BCUT2D eigenvalue weighted by atomic mass is 10.4. The highest BCUT2D eigenvalue weighted by atomic mass is 35.5. The van der Waals surface area contributed by atoms with Gasteiger partial charge in [-0.15, -0.1) is 0 Å². The Morgan fingerprint density at radius 2 is 1.94 bits per heavy atom. The molecule has 3 rings (SSSR count). The maximum absolute atomic E-state index is 5.76. The molecule has 0 amide bonds. The molecule has 0 saturated heterocycles. The third-order valence-electron chi connectivity index (χ3n) is 2.20. The van der Waals surface area contributed by atoms with Crippen molar-refractivity contribution >= 4 is 22.8 Å². The third kappa shape index (κ3) is 1.42. The van der Waals surface area contributed by atoms with Crippen LogP contribution in [0, 0.1) is 0 Å². The van der Waals surface area contributed by atoms with Gasteiger partial charge in [0.25, 0.3) is 0 Å². The van der Waals surface area contributed by atoms with E-state index in [2.05, 4.69) is 19.9 Å². The zero-order chi connectivity index (χ0) is 11.0. The molecule has 16 heavy (non-hydrogen) atoms. The Morgan fingerprint density at radius 1 is 1.12 bits per heavy atom. The van der Waals surface area contributed by atoms with E-state index in [1.807, 2.05) is 16.7 Å². The average Bonchev–Trinajstić information content (AvgIpc) is 2.73. The molecule has 5 nitrogen and oxygen atoms in total. The summed E-state index contributed by atoms with van der Waals surface area (Å²) in [6.07, 6.45) is 6.71. The van der Waals surface area contributed by atoms with Gasteiger partial charge in [0, 0.05) is 12.4 Å². The Hall–Kier alpha value is -2.01. The predicted molar refractivity (Wildman–Crippen MR) is 59.5 cm³/mol. The Morgan fingerprint density at radius 3 is 2.75 bits per heavy atom. The number of hydrogen-bond donors (Lipinski definition) is 0. The van der Waals surface area contributed by atoms with E-state index in [0.717, 1.165) is 5.69 Å². The maximum atomic E-state index is 5.76. The first kappa shape index (κ1) is 9.23. The van der Waals surface area contributed by atoms with Gasteiger partial charge < -0.3 is 0 Å². The van der Waals surface area contributed by atoms with E-state index in [0.29, 0.717) is 11.2 Å². The third-order valence-corrected chi connectivity index (χ3v) is 2.38. The van der Waals surface area contributed by atoms with Gasteiger partial charge in [0.15, 0.2) is 5.65 Å². The smallest absolute Gasteiger partial charge is 0.224 e. The molecule has 0 atom stereocenters. The largest absolute Gasteiger partial charge is 0.283 e. The quantitative estimate of drug-likeness (QED) is 0.600. The van der Waals surface area contributed by atoms with E-state index in [9.17, 15) is 0 Å². The fourth-order valence-electron chi connectivity index (χ4n) is 1.48. The molecule has 0 bridgehead atoms. The predicted octanol–water partition coefficient (Wildman–Crippen LogP) is 1.86. The maximum Gasteiger partial charge on any atom is 0.224 e. The molecule has 0 aliphatic carbocycles. The van der Waals surface area contributed by atoms with E-state index >= 15 is 0 Å². The Labute approximate surface area is 95.8 Å². The molecular weight excluding hydrogens is 226 g/mol. The van der Waals surface area contributed by atoms with Crippen LogP contribution in [0.1, 0.15) is 0 Å². The van der Waals surface area contributed by atoms with Crippen molar-refractivity contribution in [2.75, 3.05) is 0 Å². The van der Waals surface area contributed by atoms with Crippen LogP contribution in [0.25, 0.3) is 16.9 Å². The fourth-order valence-corrected chi connectivity index (χ4v) is 1.61. The van der Waals surface area contributed by atoms with Gasteiger partial charge in [-0.2, -0.15) is 4.98 Å². The molecule has 0 unspecified atom stereocenters. The SMILES string of the molecule is Clc1ncc2ncn(-c3ccncc3)c2n1. The van der Waals surface area contributed by atoms with Crippen LogP contribution in [0.3, 0.4) is 0 Å². The highest BCUT2D eigenvalue weighted by Crippen LogP contribution is 2.16. The highest BCUT2D eigenvalue weighted by molar-refractivity contribution is 6.28. The number of nitrogens with zero attached hydrogens (tertiary/aromatic N) is 5. The van der Waals surface area contributed by atoms with Crippen LogP contribution in [0.15, 0.2) is 37.1 Å². The lowest BCUT2D eigenvalue weighted by Gasteiger charge is -2.01. The molecule has 78 valence electrons. The first-order chi connectivity index (χ1) is 7.84. The van der Waals surface area contributed by atoms with Crippen molar-refractivity contribution in [3.8, 4) is 5.69 Å². The van der Waals surface area contributed by atoms with E-state index in [1.54, 1.807) is 24.9 Å². The van der Waals surface area contributed by atoms with Crippen molar-refractivity contribution in [2.24, 2.45) is 0 Å². The van der Waals surface area contributed by atoms with Gasteiger partial charge in [-0.1, -0.05) is 0 Å². The molecular formula is C10H6ClN5. The molecule has 0 aliphatic heterocycles. The summed E-state index contributed by atoms with van der Waals surface area (Å²) in [5, 5.41) is 0.211. The minimum Gasteiger partial charge on any atom is -0.283 e. The van der Waals surface area contributed by atoms with Gasteiger partial charge in [0.2, 0.25) is 5.28 Å². The summed E-state index contributed by atoms with van der Waals surface area (Å²) in [5.41, 5.74) is 2.33. The summed E-state index contributed by atoms with van der Waals surface area (Å²) in [7, 11) is 0. The van der Waals surface area contributed by atoms with E-state index in [-0.39, 0.29) is 5.28 Å². The van der Waals surface area contributed by atoms with Crippen LogP contribution >= 0.6 is 11.6 Å². The van der Waals surface area contributed by atoms with Crippen LogP contribution in [-0.4, -0.2) is 24.5 Å². The van der Waals surface area contributed by atoms with Crippen molar-refractivity contribution in [1.82, 2.24) is 24.5 Å². The van der Waals surface area contributed by atoms with E-state index in [1.165, 1.54) is 0 Å². The van der Waals surface area contributed by atoms with Gasteiger partial charge >= 0.3 is 0 Å². The minimum atomic E-state index is 0.211. The molecule has 0 saturated carbocycles. The molecule has 3 aromatic heterocycles. The average molecular weight is 232 g/mol. The molecule has 0 N–H and O–H groups in total. The zero-order valence-corrected chi connectivity index (χ0v) is 8.83. The van der Waals surface area contributed by atoms with Gasteiger partial charge in [0.05, 0.1) is 11.9 Å². The Balaban J connectivity index is 2.29. The second-order valence-electron chi connectivity index (χ2n) is 3.17. The number of aromatic nitrogens is 5. The monoisotopic (exact) mass is 231 g/mol. The van der Waals surface area contributed by atoms with Gasteiger partial charge in [-0.3, -0.25) is 9.55 Å². The highest BCUT2D eigenvalue weighted by Gasteiger charge is 2.06. The topological polar surface area (TPSA) is 56.5 Å². The molecule has 3 aromatic rings. The summed E-state index contributed by atoms with van der Waals surface area (Å²) >= 11 is 5.76. The minimum absolute atomic E-state index is 0.211. The normalized spacial score (nSPS) is 10.8. The summed E-state index contributed by atoms with van der Waals surface area (Å²) < 4.78 is 1.84. The van der Waals surface area contributed by atoms with E-state index < -0.39 is 0 Å². The molecule has 0 aromatic carbocycles.